The number of aryl methyl sites for hydroxylation is 1. The van der Waals surface area contributed by atoms with Crippen molar-refractivity contribution in [2.75, 3.05) is 24.6 Å². The number of anilines is 1. The molecule has 1 fully saturated rings. The number of aromatic amines is 1. The summed E-state index contributed by atoms with van der Waals surface area (Å²) in [5, 5.41) is 0. The van der Waals surface area contributed by atoms with E-state index < -0.39 is 0 Å². The van der Waals surface area contributed by atoms with E-state index in [0.717, 1.165) is 24.7 Å². The smallest absolute Gasteiger partial charge is 0.358 e. The van der Waals surface area contributed by atoms with Gasteiger partial charge in [0, 0.05) is 18.8 Å². The maximum absolute atomic E-state index is 11.6. The number of carbonyl (C=O) groups is 1. The monoisotopic (exact) mass is 237 g/mol. The summed E-state index contributed by atoms with van der Waals surface area (Å²) in [5.41, 5.74) is 1.19. The summed E-state index contributed by atoms with van der Waals surface area (Å²) in [6.07, 6.45) is 3.66. The number of nitrogens with zero attached hydrogens (tertiary/aromatic N) is 2. The van der Waals surface area contributed by atoms with Crippen LogP contribution in [0.2, 0.25) is 0 Å². The molecule has 0 atom stereocenters. The number of H-pyrrole nitrogens is 1. The fourth-order valence-electron chi connectivity index (χ4n) is 2.10. The third kappa shape index (κ3) is 2.60. The standard InChI is InChI=1S/C12H19N3O2/c1-3-17-11(16)10-9(2)13-12(14-10)15-7-5-4-6-8-15/h3-8H2,1-2H3,(H,13,14). The van der Waals surface area contributed by atoms with E-state index >= 15 is 0 Å². The van der Waals surface area contributed by atoms with Gasteiger partial charge in [0.15, 0.2) is 5.69 Å². The van der Waals surface area contributed by atoms with Gasteiger partial charge in [0.25, 0.3) is 0 Å². The Kier molecular flexibility index (Phi) is 3.66. The molecule has 1 saturated heterocycles. The van der Waals surface area contributed by atoms with Crippen LogP contribution in [0.3, 0.4) is 0 Å². The Labute approximate surface area is 101 Å². The molecule has 0 saturated carbocycles. The fraction of sp³-hybridized carbons (Fsp3) is 0.667. The van der Waals surface area contributed by atoms with Gasteiger partial charge in [0.1, 0.15) is 0 Å². The molecule has 0 amide bonds. The first kappa shape index (κ1) is 12.0. The van der Waals surface area contributed by atoms with Crippen LogP contribution in [0, 0.1) is 6.92 Å². The number of hydrogen-bond donors (Lipinski definition) is 1. The first-order valence-corrected chi connectivity index (χ1v) is 6.21. The number of piperidine rings is 1. The van der Waals surface area contributed by atoms with E-state index in [9.17, 15) is 4.79 Å². The average Bonchev–Trinajstić information content (AvgIpc) is 2.73. The Balaban J connectivity index is 2.14. The molecule has 0 radical (unpaired) electrons. The van der Waals surface area contributed by atoms with Crippen LogP contribution >= 0.6 is 0 Å². The van der Waals surface area contributed by atoms with Gasteiger partial charge in [-0.1, -0.05) is 0 Å². The van der Waals surface area contributed by atoms with E-state index in [1.54, 1.807) is 6.92 Å². The second kappa shape index (κ2) is 5.21. The molecule has 0 aromatic carbocycles. The Bertz CT molecular complexity index is 394. The molecule has 1 aliphatic rings. The van der Waals surface area contributed by atoms with E-state index in [2.05, 4.69) is 14.9 Å². The van der Waals surface area contributed by atoms with Crippen LogP contribution in [0.4, 0.5) is 5.95 Å². The number of hydrogen-bond acceptors (Lipinski definition) is 4. The minimum atomic E-state index is -0.343. The van der Waals surface area contributed by atoms with Crippen molar-refractivity contribution in [2.45, 2.75) is 33.1 Å². The number of ether oxygens (including phenoxy) is 1. The van der Waals surface area contributed by atoms with Crippen molar-refractivity contribution < 1.29 is 9.53 Å². The van der Waals surface area contributed by atoms with Crippen LogP contribution in [0.25, 0.3) is 0 Å². The van der Waals surface area contributed by atoms with Crippen LogP contribution < -0.4 is 4.90 Å². The lowest BCUT2D eigenvalue weighted by atomic mass is 10.1. The molecular weight excluding hydrogens is 218 g/mol. The van der Waals surface area contributed by atoms with E-state index in [0.29, 0.717) is 12.3 Å². The molecule has 1 aliphatic heterocycles. The SMILES string of the molecule is CCOC(=O)c1nc(N2CCCCC2)[nH]c1C. The molecule has 1 aromatic rings. The summed E-state index contributed by atoms with van der Waals surface area (Å²) >= 11 is 0. The zero-order chi connectivity index (χ0) is 12.3. The third-order valence-corrected chi connectivity index (χ3v) is 3.00. The quantitative estimate of drug-likeness (QED) is 0.815. The van der Waals surface area contributed by atoms with Crippen molar-refractivity contribution in [3.63, 3.8) is 0 Å². The van der Waals surface area contributed by atoms with E-state index in [1.165, 1.54) is 19.3 Å². The van der Waals surface area contributed by atoms with Gasteiger partial charge in [0.05, 0.1) is 6.61 Å². The topological polar surface area (TPSA) is 58.2 Å². The molecule has 0 aliphatic carbocycles. The highest BCUT2D eigenvalue weighted by Crippen LogP contribution is 2.18. The largest absolute Gasteiger partial charge is 0.461 e. The zero-order valence-electron chi connectivity index (χ0n) is 10.5. The lowest BCUT2D eigenvalue weighted by Gasteiger charge is -2.25. The molecule has 0 unspecified atom stereocenters. The second-order valence-corrected chi connectivity index (χ2v) is 4.30. The summed E-state index contributed by atoms with van der Waals surface area (Å²) in [6, 6.07) is 0. The van der Waals surface area contributed by atoms with Gasteiger partial charge < -0.3 is 14.6 Å². The molecule has 94 valence electrons. The summed E-state index contributed by atoms with van der Waals surface area (Å²) < 4.78 is 4.97. The highest BCUT2D eigenvalue weighted by Gasteiger charge is 2.20. The second-order valence-electron chi connectivity index (χ2n) is 4.30. The predicted molar refractivity (Wildman–Crippen MR) is 65.3 cm³/mol. The van der Waals surface area contributed by atoms with Crippen LogP contribution in [0.1, 0.15) is 42.4 Å². The van der Waals surface area contributed by atoms with Crippen molar-refractivity contribution in [2.24, 2.45) is 0 Å². The molecule has 5 nitrogen and oxygen atoms in total. The number of rotatable bonds is 3. The number of esters is 1. The summed E-state index contributed by atoms with van der Waals surface area (Å²) in [5.74, 6) is 0.453. The first-order valence-electron chi connectivity index (χ1n) is 6.21. The Hall–Kier alpha value is -1.52. The minimum absolute atomic E-state index is 0.343. The van der Waals surface area contributed by atoms with Crippen LogP contribution in [0.15, 0.2) is 0 Å². The van der Waals surface area contributed by atoms with Gasteiger partial charge >= 0.3 is 5.97 Å². The van der Waals surface area contributed by atoms with E-state index in [4.69, 9.17) is 4.74 Å². The maximum atomic E-state index is 11.6. The average molecular weight is 237 g/mol. The molecular formula is C12H19N3O2. The predicted octanol–water partition coefficient (Wildman–Crippen LogP) is 1.89. The van der Waals surface area contributed by atoms with Gasteiger partial charge in [0.2, 0.25) is 5.95 Å². The van der Waals surface area contributed by atoms with Crippen LogP contribution in [-0.4, -0.2) is 35.6 Å². The lowest BCUT2D eigenvalue weighted by Crippen LogP contribution is -2.30. The van der Waals surface area contributed by atoms with Gasteiger partial charge in [-0.15, -0.1) is 0 Å². The summed E-state index contributed by atoms with van der Waals surface area (Å²) in [6.45, 7) is 6.05. The Morgan fingerprint density at radius 1 is 1.41 bits per heavy atom. The summed E-state index contributed by atoms with van der Waals surface area (Å²) in [7, 11) is 0. The fourth-order valence-corrected chi connectivity index (χ4v) is 2.10. The zero-order valence-corrected chi connectivity index (χ0v) is 10.5. The molecule has 0 bridgehead atoms. The van der Waals surface area contributed by atoms with Crippen molar-refractivity contribution in [1.82, 2.24) is 9.97 Å². The molecule has 2 rings (SSSR count). The van der Waals surface area contributed by atoms with Gasteiger partial charge in [-0.25, -0.2) is 9.78 Å². The Morgan fingerprint density at radius 2 is 2.12 bits per heavy atom. The van der Waals surface area contributed by atoms with E-state index in [1.807, 2.05) is 6.92 Å². The molecule has 1 aromatic heterocycles. The molecule has 17 heavy (non-hydrogen) atoms. The van der Waals surface area contributed by atoms with Crippen molar-refractivity contribution >= 4 is 11.9 Å². The molecule has 1 N–H and O–H groups in total. The number of carbonyl (C=O) groups excluding carboxylic acids is 1. The number of nitrogens with one attached hydrogen (secondary N) is 1. The maximum Gasteiger partial charge on any atom is 0.358 e. The van der Waals surface area contributed by atoms with Crippen molar-refractivity contribution in [3.8, 4) is 0 Å². The highest BCUT2D eigenvalue weighted by molar-refractivity contribution is 5.89. The first-order chi connectivity index (χ1) is 8.22. The molecule has 5 heteroatoms. The molecule has 0 spiro atoms. The molecule has 2 heterocycles. The third-order valence-electron chi connectivity index (χ3n) is 3.00. The number of imidazole rings is 1. The van der Waals surface area contributed by atoms with Gasteiger partial charge in [-0.3, -0.25) is 0 Å². The van der Waals surface area contributed by atoms with Gasteiger partial charge in [-0.05, 0) is 33.1 Å². The van der Waals surface area contributed by atoms with Crippen LogP contribution in [0.5, 0.6) is 0 Å². The van der Waals surface area contributed by atoms with E-state index in [-0.39, 0.29) is 5.97 Å². The van der Waals surface area contributed by atoms with Crippen molar-refractivity contribution in [3.05, 3.63) is 11.4 Å². The highest BCUT2D eigenvalue weighted by atomic mass is 16.5. The van der Waals surface area contributed by atoms with Gasteiger partial charge in [-0.2, -0.15) is 0 Å². The Morgan fingerprint density at radius 3 is 2.76 bits per heavy atom. The van der Waals surface area contributed by atoms with Crippen molar-refractivity contribution in [1.29, 1.82) is 0 Å². The number of aromatic nitrogens is 2. The lowest BCUT2D eigenvalue weighted by molar-refractivity contribution is 0.0519. The van der Waals surface area contributed by atoms with Crippen LogP contribution in [-0.2, 0) is 4.74 Å². The summed E-state index contributed by atoms with van der Waals surface area (Å²) in [4.78, 5) is 21.3. The normalized spacial score (nSPS) is 16.0. The minimum Gasteiger partial charge on any atom is -0.461 e.